The molecule has 1 atom stereocenters. The van der Waals surface area contributed by atoms with Crippen LogP contribution in [0.5, 0.6) is 0 Å². The largest absolute Gasteiger partial charge is 0.381 e. The van der Waals surface area contributed by atoms with Crippen molar-refractivity contribution in [2.24, 2.45) is 5.73 Å². The molecule has 3 heteroatoms. The molecule has 0 amide bonds. The van der Waals surface area contributed by atoms with Crippen LogP contribution in [0.4, 0.5) is 0 Å². The van der Waals surface area contributed by atoms with Crippen LogP contribution in [0, 0.1) is 0 Å². The molecule has 1 heterocycles. The Hall–Kier alpha value is -0.120. The van der Waals surface area contributed by atoms with Crippen molar-refractivity contribution in [1.29, 1.82) is 0 Å². The van der Waals surface area contributed by atoms with Gasteiger partial charge < -0.3 is 15.2 Å². The van der Waals surface area contributed by atoms with E-state index in [1.54, 1.807) is 0 Å². The standard InChI is InChI=1S/C11H23NO2/c1-3-5-10(12)11(14-4-2)6-8-13-9-7-11/h10H,3-9,12H2,1-2H3. The van der Waals surface area contributed by atoms with E-state index in [0.717, 1.165) is 45.5 Å². The van der Waals surface area contributed by atoms with Gasteiger partial charge in [0.2, 0.25) is 0 Å². The highest BCUT2D eigenvalue weighted by Gasteiger charge is 2.38. The molecule has 0 radical (unpaired) electrons. The van der Waals surface area contributed by atoms with E-state index in [-0.39, 0.29) is 11.6 Å². The van der Waals surface area contributed by atoms with Crippen LogP contribution in [0.25, 0.3) is 0 Å². The summed E-state index contributed by atoms with van der Waals surface area (Å²) < 4.78 is 11.2. The molecule has 0 aromatic rings. The van der Waals surface area contributed by atoms with Gasteiger partial charge in [0.25, 0.3) is 0 Å². The molecule has 0 bridgehead atoms. The van der Waals surface area contributed by atoms with Crippen LogP contribution >= 0.6 is 0 Å². The van der Waals surface area contributed by atoms with Gasteiger partial charge in [0.1, 0.15) is 0 Å². The predicted octanol–water partition coefficient (Wildman–Crippen LogP) is 1.70. The van der Waals surface area contributed by atoms with E-state index >= 15 is 0 Å². The maximum Gasteiger partial charge on any atom is 0.0876 e. The minimum atomic E-state index is -0.108. The van der Waals surface area contributed by atoms with E-state index in [1.807, 2.05) is 6.92 Å². The first-order valence-electron chi connectivity index (χ1n) is 5.72. The zero-order valence-electron chi connectivity index (χ0n) is 9.42. The first-order valence-corrected chi connectivity index (χ1v) is 5.72. The average Bonchev–Trinajstić information content (AvgIpc) is 2.20. The number of hydrogen-bond acceptors (Lipinski definition) is 3. The molecule has 0 aromatic heterocycles. The van der Waals surface area contributed by atoms with Gasteiger partial charge in [-0.25, -0.2) is 0 Å². The number of ether oxygens (including phenoxy) is 2. The lowest BCUT2D eigenvalue weighted by Crippen LogP contribution is -2.53. The molecule has 84 valence electrons. The van der Waals surface area contributed by atoms with Crippen LogP contribution < -0.4 is 5.73 Å². The summed E-state index contributed by atoms with van der Waals surface area (Å²) in [5.41, 5.74) is 6.09. The molecule has 1 rings (SSSR count). The van der Waals surface area contributed by atoms with Crippen molar-refractivity contribution in [2.45, 2.75) is 51.2 Å². The first-order chi connectivity index (χ1) is 6.75. The van der Waals surface area contributed by atoms with E-state index < -0.39 is 0 Å². The molecule has 0 aliphatic carbocycles. The highest BCUT2D eigenvalue weighted by atomic mass is 16.5. The molecular formula is C11H23NO2. The predicted molar refractivity (Wildman–Crippen MR) is 57.3 cm³/mol. The van der Waals surface area contributed by atoms with Gasteiger partial charge in [-0.15, -0.1) is 0 Å². The van der Waals surface area contributed by atoms with Crippen molar-refractivity contribution in [2.75, 3.05) is 19.8 Å². The normalized spacial score (nSPS) is 23.4. The fraction of sp³-hybridized carbons (Fsp3) is 1.00. The summed E-state index contributed by atoms with van der Waals surface area (Å²) in [6, 6.07) is 0.163. The van der Waals surface area contributed by atoms with Crippen LogP contribution in [0.3, 0.4) is 0 Å². The van der Waals surface area contributed by atoms with E-state index in [2.05, 4.69) is 6.92 Å². The minimum Gasteiger partial charge on any atom is -0.381 e. The first kappa shape index (κ1) is 12.0. The lowest BCUT2D eigenvalue weighted by Gasteiger charge is -2.41. The van der Waals surface area contributed by atoms with Crippen molar-refractivity contribution >= 4 is 0 Å². The van der Waals surface area contributed by atoms with Gasteiger partial charge in [-0.3, -0.25) is 0 Å². The Bertz CT molecular complexity index is 150. The van der Waals surface area contributed by atoms with Crippen LogP contribution in [-0.4, -0.2) is 31.5 Å². The summed E-state index contributed by atoms with van der Waals surface area (Å²) in [6.07, 6.45) is 4.06. The Labute approximate surface area is 86.9 Å². The van der Waals surface area contributed by atoms with Crippen LogP contribution in [0.2, 0.25) is 0 Å². The smallest absolute Gasteiger partial charge is 0.0876 e. The van der Waals surface area contributed by atoms with Crippen molar-refractivity contribution in [3.05, 3.63) is 0 Å². The third-order valence-corrected chi connectivity index (χ3v) is 3.05. The van der Waals surface area contributed by atoms with Crippen LogP contribution in [0.1, 0.15) is 39.5 Å². The third kappa shape index (κ3) is 2.69. The summed E-state index contributed by atoms with van der Waals surface area (Å²) in [5.74, 6) is 0. The molecule has 14 heavy (non-hydrogen) atoms. The van der Waals surface area contributed by atoms with Gasteiger partial charge in [0.05, 0.1) is 5.60 Å². The average molecular weight is 201 g/mol. The lowest BCUT2D eigenvalue weighted by molar-refractivity contribution is -0.121. The maximum absolute atomic E-state index is 6.20. The summed E-state index contributed by atoms with van der Waals surface area (Å²) in [7, 11) is 0. The second kappa shape index (κ2) is 5.69. The fourth-order valence-electron chi connectivity index (χ4n) is 2.20. The number of rotatable bonds is 5. The third-order valence-electron chi connectivity index (χ3n) is 3.05. The van der Waals surface area contributed by atoms with Gasteiger partial charge in [-0.05, 0) is 13.3 Å². The molecule has 0 aromatic carbocycles. The Kier molecular flexibility index (Phi) is 4.85. The summed E-state index contributed by atoms with van der Waals surface area (Å²) in [6.45, 7) is 6.53. The van der Waals surface area contributed by atoms with Crippen molar-refractivity contribution in [3.63, 3.8) is 0 Å². The summed E-state index contributed by atoms with van der Waals surface area (Å²) in [5, 5.41) is 0. The van der Waals surface area contributed by atoms with E-state index in [1.165, 1.54) is 0 Å². The molecule has 1 aliphatic heterocycles. The van der Waals surface area contributed by atoms with Gasteiger partial charge in [0, 0.05) is 38.7 Å². The quantitative estimate of drug-likeness (QED) is 0.736. The SMILES string of the molecule is CCCC(N)C1(OCC)CCOCC1. The second-order valence-corrected chi connectivity index (χ2v) is 4.01. The van der Waals surface area contributed by atoms with E-state index in [9.17, 15) is 0 Å². The second-order valence-electron chi connectivity index (χ2n) is 4.01. The molecule has 3 nitrogen and oxygen atoms in total. The zero-order chi connectivity index (χ0) is 10.4. The molecule has 1 unspecified atom stereocenters. The van der Waals surface area contributed by atoms with Gasteiger partial charge in [-0.2, -0.15) is 0 Å². The highest BCUT2D eigenvalue weighted by Crippen LogP contribution is 2.29. The minimum absolute atomic E-state index is 0.108. The molecule has 0 spiro atoms. The lowest BCUT2D eigenvalue weighted by atomic mass is 9.84. The van der Waals surface area contributed by atoms with Crippen molar-refractivity contribution < 1.29 is 9.47 Å². The molecule has 1 saturated heterocycles. The Balaban J connectivity index is 2.58. The summed E-state index contributed by atoms with van der Waals surface area (Å²) in [4.78, 5) is 0. The molecule has 2 N–H and O–H groups in total. The fourth-order valence-corrected chi connectivity index (χ4v) is 2.20. The maximum atomic E-state index is 6.20. The molecule has 1 fully saturated rings. The molecule has 0 saturated carbocycles. The molecular weight excluding hydrogens is 178 g/mol. The summed E-state index contributed by atoms with van der Waals surface area (Å²) >= 11 is 0. The van der Waals surface area contributed by atoms with Crippen LogP contribution in [-0.2, 0) is 9.47 Å². The van der Waals surface area contributed by atoms with Crippen molar-refractivity contribution in [3.8, 4) is 0 Å². The Morgan fingerprint density at radius 1 is 1.36 bits per heavy atom. The number of hydrogen-bond donors (Lipinski definition) is 1. The Morgan fingerprint density at radius 3 is 2.50 bits per heavy atom. The van der Waals surface area contributed by atoms with Gasteiger partial charge in [0.15, 0.2) is 0 Å². The Morgan fingerprint density at radius 2 is 2.00 bits per heavy atom. The zero-order valence-corrected chi connectivity index (χ0v) is 9.42. The topological polar surface area (TPSA) is 44.5 Å². The van der Waals surface area contributed by atoms with Gasteiger partial charge in [-0.1, -0.05) is 13.3 Å². The van der Waals surface area contributed by atoms with Crippen LogP contribution in [0.15, 0.2) is 0 Å². The van der Waals surface area contributed by atoms with Crippen molar-refractivity contribution in [1.82, 2.24) is 0 Å². The monoisotopic (exact) mass is 201 g/mol. The molecule has 1 aliphatic rings. The van der Waals surface area contributed by atoms with E-state index in [4.69, 9.17) is 15.2 Å². The number of nitrogens with two attached hydrogens (primary N) is 1. The highest BCUT2D eigenvalue weighted by molar-refractivity contribution is 4.93. The van der Waals surface area contributed by atoms with Gasteiger partial charge >= 0.3 is 0 Å². The van der Waals surface area contributed by atoms with E-state index in [0.29, 0.717) is 0 Å².